The first-order valence-corrected chi connectivity index (χ1v) is 9.24. The van der Waals surface area contributed by atoms with Gasteiger partial charge in [-0.05, 0) is 25.0 Å². The van der Waals surface area contributed by atoms with E-state index in [1.807, 2.05) is 6.92 Å². The summed E-state index contributed by atoms with van der Waals surface area (Å²) in [4.78, 5) is 11.3. The van der Waals surface area contributed by atoms with E-state index >= 15 is 0 Å². The van der Waals surface area contributed by atoms with Crippen molar-refractivity contribution in [3.05, 3.63) is 22.7 Å². The van der Waals surface area contributed by atoms with E-state index in [1.54, 1.807) is 13.0 Å². The minimum atomic E-state index is -3.77. The minimum absolute atomic E-state index is 0.0135. The van der Waals surface area contributed by atoms with Gasteiger partial charge in [0.25, 0.3) is 0 Å². The molecule has 0 amide bonds. The molecule has 1 saturated heterocycles. The molecule has 1 aromatic carbocycles. The Bertz CT molecular complexity index is 763. The molecular weight excluding hydrogens is 342 g/mol. The van der Waals surface area contributed by atoms with Gasteiger partial charge in [-0.3, -0.25) is 4.79 Å². The van der Waals surface area contributed by atoms with E-state index < -0.39 is 21.9 Å². The number of nitrogens with zero attached hydrogens (tertiary/aromatic N) is 1. The van der Waals surface area contributed by atoms with Crippen LogP contribution >= 0.6 is 11.6 Å². The molecule has 1 unspecified atom stereocenters. The van der Waals surface area contributed by atoms with E-state index in [4.69, 9.17) is 16.3 Å². The van der Waals surface area contributed by atoms with Gasteiger partial charge in [0, 0.05) is 25.1 Å². The Balaban J connectivity index is 1.94. The summed E-state index contributed by atoms with van der Waals surface area (Å²) in [6, 6.07) is 2.96. The van der Waals surface area contributed by atoms with Gasteiger partial charge in [0.05, 0.1) is 15.8 Å². The molecule has 2 aliphatic heterocycles. The molecule has 2 aliphatic rings. The second-order valence-corrected chi connectivity index (χ2v) is 8.62. The molecule has 0 spiro atoms. The van der Waals surface area contributed by atoms with Crippen LogP contribution in [0.5, 0.6) is 5.75 Å². The van der Waals surface area contributed by atoms with Gasteiger partial charge in [-0.25, -0.2) is 8.42 Å². The molecule has 1 fully saturated rings. The van der Waals surface area contributed by atoms with Gasteiger partial charge in [0.1, 0.15) is 11.9 Å². The lowest BCUT2D eigenvalue weighted by Crippen LogP contribution is -2.30. The number of hydrogen-bond acceptors (Lipinski definition) is 4. The van der Waals surface area contributed by atoms with Crippen LogP contribution in [0.15, 0.2) is 17.0 Å². The third kappa shape index (κ3) is 2.81. The smallest absolute Gasteiger partial charge is 0.308 e. The number of carbonyl (C=O) groups is 1. The van der Waals surface area contributed by atoms with Crippen LogP contribution in [0.2, 0.25) is 5.02 Å². The fourth-order valence-electron chi connectivity index (χ4n) is 3.20. The summed E-state index contributed by atoms with van der Waals surface area (Å²) in [5.41, 5.74) is 0.769. The van der Waals surface area contributed by atoms with Crippen LogP contribution in [-0.4, -0.2) is 43.0 Å². The zero-order valence-electron chi connectivity index (χ0n) is 12.8. The topological polar surface area (TPSA) is 83.9 Å². The summed E-state index contributed by atoms with van der Waals surface area (Å²) < 4.78 is 32.4. The molecule has 0 bridgehead atoms. The van der Waals surface area contributed by atoms with E-state index in [2.05, 4.69) is 0 Å². The minimum Gasteiger partial charge on any atom is -0.489 e. The molecule has 8 heteroatoms. The van der Waals surface area contributed by atoms with Gasteiger partial charge in [0.2, 0.25) is 10.0 Å². The number of benzene rings is 1. The summed E-state index contributed by atoms with van der Waals surface area (Å²) in [7, 11) is -3.77. The van der Waals surface area contributed by atoms with E-state index in [-0.39, 0.29) is 35.0 Å². The van der Waals surface area contributed by atoms with Crippen molar-refractivity contribution in [3.8, 4) is 5.75 Å². The third-order valence-corrected chi connectivity index (χ3v) is 6.54. The normalized spacial score (nSPS) is 27.7. The number of fused-ring (bicyclic) bond motifs is 1. The van der Waals surface area contributed by atoms with Crippen molar-refractivity contribution >= 4 is 27.6 Å². The van der Waals surface area contributed by atoms with Crippen molar-refractivity contribution in [3.63, 3.8) is 0 Å². The Morgan fingerprint density at radius 2 is 2.04 bits per heavy atom. The molecule has 0 saturated carbocycles. The van der Waals surface area contributed by atoms with Gasteiger partial charge >= 0.3 is 5.97 Å². The molecule has 126 valence electrons. The SMILES string of the molecule is CC1Cc2cc(S(=O)(=O)N3C[C@@H](C)[C@H](C(=O)O)C3)cc(Cl)c2O1. The van der Waals surface area contributed by atoms with Crippen LogP contribution in [0, 0.1) is 11.8 Å². The molecule has 2 heterocycles. The Hall–Kier alpha value is -1.31. The number of halogens is 1. The first kappa shape index (κ1) is 16.5. The molecule has 1 N–H and O–H groups in total. The Labute approximate surface area is 140 Å². The van der Waals surface area contributed by atoms with Crippen LogP contribution < -0.4 is 4.74 Å². The van der Waals surface area contributed by atoms with Gasteiger partial charge in [-0.15, -0.1) is 0 Å². The summed E-state index contributed by atoms with van der Waals surface area (Å²) in [5.74, 6) is -1.34. The molecule has 3 rings (SSSR count). The second kappa shape index (κ2) is 5.65. The highest BCUT2D eigenvalue weighted by Gasteiger charge is 2.41. The molecule has 3 atom stereocenters. The van der Waals surface area contributed by atoms with Crippen LogP contribution in [0.3, 0.4) is 0 Å². The standard InChI is InChI=1S/C15H18ClNO5S/c1-8-6-17(7-12(8)15(18)19)23(20,21)11-4-10-3-9(2)22-14(10)13(16)5-11/h4-5,8-9,12H,3,6-7H2,1-2H3,(H,18,19)/t8-,9?,12-/m1/s1. The molecule has 23 heavy (non-hydrogen) atoms. The van der Waals surface area contributed by atoms with Crippen LogP contribution in [0.25, 0.3) is 0 Å². The van der Waals surface area contributed by atoms with E-state index in [0.717, 1.165) is 5.56 Å². The van der Waals surface area contributed by atoms with E-state index in [0.29, 0.717) is 12.2 Å². The van der Waals surface area contributed by atoms with Crippen molar-refractivity contribution in [1.82, 2.24) is 4.31 Å². The maximum absolute atomic E-state index is 12.8. The quantitative estimate of drug-likeness (QED) is 0.892. The van der Waals surface area contributed by atoms with Crippen molar-refractivity contribution in [2.24, 2.45) is 11.8 Å². The number of carboxylic acids is 1. The number of sulfonamides is 1. The molecule has 1 aromatic rings. The highest BCUT2D eigenvalue weighted by Crippen LogP contribution is 2.39. The first-order valence-electron chi connectivity index (χ1n) is 7.42. The Morgan fingerprint density at radius 3 is 2.65 bits per heavy atom. The number of ether oxygens (including phenoxy) is 1. The fraction of sp³-hybridized carbons (Fsp3) is 0.533. The lowest BCUT2D eigenvalue weighted by Gasteiger charge is -2.17. The summed E-state index contributed by atoms with van der Waals surface area (Å²) in [6.07, 6.45) is 0.565. The average Bonchev–Trinajstić information content (AvgIpc) is 3.01. The van der Waals surface area contributed by atoms with Crippen molar-refractivity contribution in [2.75, 3.05) is 13.1 Å². The highest BCUT2D eigenvalue weighted by atomic mass is 35.5. The van der Waals surface area contributed by atoms with E-state index in [9.17, 15) is 18.3 Å². The second-order valence-electron chi connectivity index (χ2n) is 6.27. The van der Waals surface area contributed by atoms with Gasteiger partial charge in [-0.2, -0.15) is 4.31 Å². The number of carboxylic acid groups (broad SMARTS) is 1. The van der Waals surface area contributed by atoms with Crippen LogP contribution in [0.4, 0.5) is 0 Å². The monoisotopic (exact) mass is 359 g/mol. The summed E-state index contributed by atoms with van der Waals surface area (Å²) in [6.45, 7) is 3.82. The maximum atomic E-state index is 12.8. The highest BCUT2D eigenvalue weighted by molar-refractivity contribution is 7.89. The summed E-state index contributed by atoms with van der Waals surface area (Å²) >= 11 is 6.16. The third-order valence-electron chi connectivity index (χ3n) is 4.45. The maximum Gasteiger partial charge on any atom is 0.308 e. The Kier molecular flexibility index (Phi) is 4.06. The Morgan fingerprint density at radius 1 is 1.35 bits per heavy atom. The van der Waals surface area contributed by atoms with Gasteiger partial charge in [0.15, 0.2) is 0 Å². The lowest BCUT2D eigenvalue weighted by atomic mass is 9.99. The van der Waals surface area contributed by atoms with Crippen molar-refractivity contribution < 1.29 is 23.1 Å². The molecule has 0 aromatic heterocycles. The van der Waals surface area contributed by atoms with Crippen LogP contribution in [-0.2, 0) is 21.2 Å². The van der Waals surface area contributed by atoms with Crippen molar-refractivity contribution in [1.29, 1.82) is 0 Å². The predicted octanol–water partition coefficient (Wildman–Crippen LogP) is 2.00. The number of hydrogen-bond donors (Lipinski definition) is 1. The van der Waals surface area contributed by atoms with E-state index in [1.165, 1.54) is 10.4 Å². The predicted molar refractivity (Wildman–Crippen MR) is 84.3 cm³/mol. The van der Waals surface area contributed by atoms with Crippen molar-refractivity contribution in [2.45, 2.75) is 31.3 Å². The first-order chi connectivity index (χ1) is 10.7. The summed E-state index contributed by atoms with van der Waals surface area (Å²) in [5, 5.41) is 9.45. The molecular formula is C15H18ClNO5S. The molecule has 0 radical (unpaired) electrons. The van der Waals surface area contributed by atoms with Gasteiger partial charge < -0.3 is 9.84 Å². The average molecular weight is 360 g/mol. The molecule has 6 nitrogen and oxygen atoms in total. The number of aliphatic carboxylic acids is 1. The van der Waals surface area contributed by atoms with Gasteiger partial charge in [-0.1, -0.05) is 18.5 Å². The zero-order chi connectivity index (χ0) is 16.9. The lowest BCUT2D eigenvalue weighted by molar-refractivity contribution is -0.142. The zero-order valence-corrected chi connectivity index (χ0v) is 14.4. The molecule has 0 aliphatic carbocycles. The number of rotatable bonds is 3. The van der Waals surface area contributed by atoms with Crippen LogP contribution in [0.1, 0.15) is 19.4 Å². The fourth-order valence-corrected chi connectivity index (χ4v) is 5.19. The largest absolute Gasteiger partial charge is 0.489 e.